The van der Waals surface area contributed by atoms with Crippen molar-refractivity contribution in [1.82, 2.24) is 14.9 Å². The summed E-state index contributed by atoms with van der Waals surface area (Å²) < 4.78 is 0. The summed E-state index contributed by atoms with van der Waals surface area (Å²) in [6, 6.07) is 5.53. The molecule has 0 atom stereocenters. The molecule has 1 aromatic carbocycles. The third-order valence-corrected chi connectivity index (χ3v) is 3.76. The van der Waals surface area contributed by atoms with E-state index < -0.39 is 0 Å². The zero-order valence-corrected chi connectivity index (χ0v) is 13.1. The number of hydrogen-bond donors (Lipinski definition) is 0. The van der Waals surface area contributed by atoms with E-state index in [1.54, 1.807) is 17.3 Å². The highest BCUT2D eigenvalue weighted by molar-refractivity contribution is 9.09. The Hall–Kier alpha value is -1.49. The fourth-order valence-corrected chi connectivity index (χ4v) is 2.49. The Bertz CT molecular complexity index is 583. The number of para-hydroxylation sites is 1. The molecular weight excluding hydrogens is 318 g/mol. The Morgan fingerprint density at radius 1 is 1.20 bits per heavy atom. The molecular formula is C15H18BrN3O. The number of nitrogens with zero attached hydrogens (tertiary/aromatic N) is 3. The van der Waals surface area contributed by atoms with Gasteiger partial charge in [-0.25, -0.2) is 0 Å². The molecule has 106 valence electrons. The molecule has 5 heteroatoms. The van der Waals surface area contributed by atoms with Crippen molar-refractivity contribution in [3.05, 3.63) is 36.2 Å². The second-order valence-electron chi connectivity index (χ2n) is 4.71. The van der Waals surface area contributed by atoms with Crippen molar-refractivity contribution in [1.29, 1.82) is 0 Å². The van der Waals surface area contributed by atoms with Gasteiger partial charge in [0.05, 0.1) is 11.1 Å². The van der Waals surface area contributed by atoms with Crippen LogP contribution in [0, 0.1) is 0 Å². The van der Waals surface area contributed by atoms with Crippen LogP contribution < -0.4 is 0 Å². The minimum absolute atomic E-state index is 0.00921. The van der Waals surface area contributed by atoms with E-state index in [1.807, 2.05) is 25.2 Å². The first kappa shape index (κ1) is 14.9. The van der Waals surface area contributed by atoms with Crippen LogP contribution in [-0.4, -0.2) is 39.7 Å². The van der Waals surface area contributed by atoms with E-state index >= 15 is 0 Å². The highest BCUT2D eigenvalue weighted by Crippen LogP contribution is 2.15. The summed E-state index contributed by atoms with van der Waals surface area (Å²) >= 11 is 3.41. The van der Waals surface area contributed by atoms with E-state index in [0.717, 1.165) is 36.7 Å². The van der Waals surface area contributed by atoms with Gasteiger partial charge < -0.3 is 4.90 Å². The van der Waals surface area contributed by atoms with E-state index in [2.05, 4.69) is 25.9 Å². The van der Waals surface area contributed by atoms with Crippen molar-refractivity contribution in [3.63, 3.8) is 0 Å². The summed E-state index contributed by atoms with van der Waals surface area (Å²) in [5.41, 5.74) is 2.05. The minimum Gasteiger partial charge on any atom is -0.342 e. The van der Waals surface area contributed by atoms with Crippen LogP contribution in [0.1, 0.15) is 29.6 Å². The molecule has 0 N–H and O–H groups in total. The van der Waals surface area contributed by atoms with Gasteiger partial charge >= 0.3 is 0 Å². The first-order chi connectivity index (χ1) is 9.74. The summed E-state index contributed by atoms with van der Waals surface area (Å²) in [4.78, 5) is 22.7. The number of unbranched alkanes of at least 4 members (excludes halogenated alkanes) is 2. The Morgan fingerprint density at radius 3 is 2.80 bits per heavy atom. The number of benzene rings is 1. The molecule has 0 saturated heterocycles. The number of halogens is 1. The first-order valence-corrected chi connectivity index (χ1v) is 7.87. The lowest BCUT2D eigenvalue weighted by Gasteiger charge is -2.17. The van der Waals surface area contributed by atoms with Crippen LogP contribution in [0.15, 0.2) is 30.6 Å². The number of carbonyl (C=O) groups is 1. The van der Waals surface area contributed by atoms with Gasteiger partial charge in [0.25, 0.3) is 5.91 Å². The van der Waals surface area contributed by atoms with Crippen molar-refractivity contribution in [2.75, 3.05) is 18.9 Å². The molecule has 0 aliphatic carbocycles. The second kappa shape index (κ2) is 7.33. The standard InChI is InChI=1S/C15H18BrN3O/c1-19(11-4-2-3-8-16)15(20)12-6-5-7-13-14(12)18-10-9-17-13/h5-7,9-10H,2-4,8,11H2,1H3. The summed E-state index contributed by atoms with van der Waals surface area (Å²) in [5.74, 6) is 0.00921. The Kier molecular flexibility index (Phi) is 5.47. The van der Waals surface area contributed by atoms with Gasteiger partial charge in [0.15, 0.2) is 0 Å². The monoisotopic (exact) mass is 335 g/mol. The lowest BCUT2D eigenvalue weighted by atomic mass is 10.1. The molecule has 0 saturated carbocycles. The molecule has 0 unspecified atom stereocenters. The maximum atomic E-state index is 12.5. The lowest BCUT2D eigenvalue weighted by Crippen LogP contribution is -2.28. The number of hydrogen-bond acceptors (Lipinski definition) is 3. The molecule has 2 rings (SSSR count). The van der Waals surface area contributed by atoms with Crippen LogP contribution in [0.5, 0.6) is 0 Å². The number of rotatable bonds is 6. The number of carbonyl (C=O) groups excluding carboxylic acids is 1. The van der Waals surface area contributed by atoms with Gasteiger partial charge in [-0.3, -0.25) is 14.8 Å². The van der Waals surface area contributed by atoms with Gasteiger partial charge in [0.2, 0.25) is 0 Å². The lowest BCUT2D eigenvalue weighted by molar-refractivity contribution is 0.0794. The van der Waals surface area contributed by atoms with Gasteiger partial charge in [0, 0.05) is 31.3 Å². The van der Waals surface area contributed by atoms with Crippen LogP contribution >= 0.6 is 15.9 Å². The minimum atomic E-state index is 0.00921. The predicted octanol–water partition coefficient (Wildman–Crippen LogP) is 3.27. The van der Waals surface area contributed by atoms with E-state index in [9.17, 15) is 4.79 Å². The topological polar surface area (TPSA) is 46.1 Å². The predicted molar refractivity (Wildman–Crippen MR) is 84.1 cm³/mol. The normalized spacial score (nSPS) is 10.7. The van der Waals surface area contributed by atoms with E-state index in [-0.39, 0.29) is 5.91 Å². The van der Waals surface area contributed by atoms with Crippen molar-refractivity contribution in [2.24, 2.45) is 0 Å². The molecule has 0 bridgehead atoms. The molecule has 4 nitrogen and oxygen atoms in total. The molecule has 0 radical (unpaired) electrons. The van der Waals surface area contributed by atoms with Crippen molar-refractivity contribution >= 4 is 32.9 Å². The molecule has 1 heterocycles. The zero-order valence-electron chi connectivity index (χ0n) is 11.6. The van der Waals surface area contributed by atoms with Gasteiger partial charge in [0.1, 0.15) is 5.52 Å². The molecule has 0 aliphatic heterocycles. The largest absolute Gasteiger partial charge is 0.342 e. The number of amides is 1. The van der Waals surface area contributed by atoms with Crippen LogP contribution in [0.4, 0.5) is 0 Å². The van der Waals surface area contributed by atoms with Crippen LogP contribution in [-0.2, 0) is 0 Å². The third kappa shape index (κ3) is 3.54. The Morgan fingerprint density at radius 2 is 2.00 bits per heavy atom. The average molecular weight is 336 g/mol. The molecule has 0 spiro atoms. The smallest absolute Gasteiger partial charge is 0.255 e. The quantitative estimate of drug-likeness (QED) is 0.601. The fourth-order valence-electron chi connectivity index (χ4n) is 2.09. The first-order valence-electron chi connectivity index (χ1n) is 6.75. The second-order valence-corrected chi connectivity index (χ2v) is 5.50. The number of alkyl halides is 1. The Balaban J connectivity index is 2.10. The molecule has 1 aromatic heterocycles. The van der Waals surface area contributed by atoms with Crippen molar-refractivity contribution < 1.29 is 4.79 Å². The molecule has 1 amide bonds. The van der Waals surface area contributed by atoms with Crippen LogP contribution in [0.3, 0.4) is 0 Å². The molecule has 0 aliphatic rings. The van der Waals surface area contributed by atoms with E-state index in [1.165, 1.54) is 0 Å². The summed E-state index contributed by atoms with van der Waals surface area (Å²) in [7, 11) is 1.84. The van der Waals surface area contributed by atoms with E-state index in [4.69, 9.17) is 0 Å². The number of aromatic nitrogens is 2. The molecule has 20 heavy (non-hydrogen) atoms. The van der Waals surface area contributed by atoms with Gasteiger partial charge in [-0.15, -0.1) is 0 Å². The fraction of sp³-hybridized carbons (Fsp3) is 0.400. The average Bonchev–Trinajstić information content (AvgIpc) is 2.50. The molecule has 2 aromatic rings. The highest BCUT2D eigenvalue weighted by Gasteiger charge is 2.15. The van der Waals surface area contributed by atoms with Gasteiger partial charge in [-0.1, -0.05) is 28.4 Å². The zero-order chi connectivity index (χ0) is 14.4. The highest BCUT2D eigenvalue weighted by atomic mass is 79.9. The summed E-state index contributed by atoms with van der Waals surface area (Å²) in [5, 5.41) is 1.02. The SMILES string of the molecule is CN(CCCCCBr)C(=O)c1cccc2nccnc12. The van der Waals surface area contributed by atoms with Crippen molar-refractivity contribution in [2.45, 2.75) is 19.3 Å². The van der Waals surface area contributed by atoms with Crippen molar-refractivity contribution in [3.8, 4) is 0 Å². The maximum absolute atomic E-state index is 12.5. The Labute approximate surface area is 127 Å². The number of fused-ring (bicyclic) bond motifs is 1. The summed E-state index contributed by atoms with van der Waals surface area (Å²) in [6.07, 6.45) is 6.54. The van der Waals surface area contributed by atoms with E-state index in [0.29, 0.717) is 11.1 Å². The maximum Gasteiger partial charge on any atom is 0.255 e. The van der Waals surface area contributed by atoms with Crippen LogP contribution in [0.2, 0.25) is 0 Å². The third-order valence-electron chi connectivity index (χ3n) is 3.20. The van der Waals surface area contributed by atoms with Crippen LogP contribution in [0.25, 0.3) is 11.0 Å². The molecule has 0 fully saturated rings. The summed E-state index contributed by atoms with van der Waals surface area (Å²) in [6.45, 7) is 0.766. The van der Waals surface area contributed by atoms with Gasteiger partial charge in [-0.2, -0.15) is 0 Å². The van der Waals surface area contributed by atoms with Gasteiger partial charge in [-0.05, 0) is 25.0 Å².